The molecule has 0 aliphatic rings. The molecule has 0 radical (unpaired) electrons. The van der Waals surface area contributed by atoms with E-state index in [0.29, 0.717) is 4.47 Å². The first-order valence-electron chi connectivity index (χ1n) is 5.91. The van der Waals surface area contributed by atoms with Crippen molar-refractivity contribution in [3.8, 4) is 5.75 Å². The van der Waals surface area contributed by atoms with Crippen LogP contribution in [-0.2, 0) is 4.74 Å². The van der Waals surface area contributed by atoms with Crippen LogP contribution in [0.4, 0.5) is 10.5 Å². The van der Waals surface area contributed by atoms with Crippen LogP contribution in [0.1, 0.15) is 13.8 Å². The van der Waals surface area contributed by atoms with Crippen molar-refractivity contribution in [3.63, 3.8) is 0 Å². The van der Waals surface area contributed by atoms with Crippen molar-refractivity contribution in [2.45, 2.75) is 20.0 Å². The van der Waals surface area contributed by atoms with Crippen molar-refractivity contribution in [2.24, 2.45) is 0 Å². The molecule has 110 valence electrons. The summed E-state index contributed by atoms with van der Waals surface area (Å²) in [7, 11) is 0. The Kier molecular flexibility index (Phi) is 6.23. The minimum Gasteiger partial charge on any atom is -0.485 e. The summed E-state index contributed by atoms with van der Waals surface area (Å²) in [6, 6.07) is 4.41. The summed E-state index contributed by atoms with van der Waals surface area (Å²) in [6.07, 6.45) is -0.755. The van der Waals surface area contributed by atoms with Gasteiger partial charge in [-0.1, -0.05) is 15.9 Å². The van der Waals surface area contributed by atoms with Crippen molar-refractivity contribution in [3.05, 3.63) is 32.8 Å². The smallest absolute Gasteiger partial charge is 0.407 e. The Morgan fingerprint density at radius 2 is 2.20 bits per heavy atom. The molecule has 0 aliphatic carbocycles. The number of alkyl carbamates (subject to hydrolysis) is 1. The third-order valence-electron chi connectivity index (χ3n) is 2.09. The second kappa shape index (κ2) is 7.68. The highest BCUT2D eigenvalue weighted by Crippen LogP contribution is 2.29. The number of halogens is 1. The van der Waals surface area contributed by atoms with Gasteiger partial charge in [-0.2, -0.15) is 0 Å². The summed E-state index contributed by atoms with van der Waals surface area (Å²) in [5.41, 5.74) is -0.127. The molecule has 20 heavy (non-hydrogen) atoms. The fraction of sp³-hybridized carbons (Fsp3) is 0.417. The van der Waals surface area contributed by atoms with Gasteiger partial charge in [0.2, 0.25) is 0 Å². The summed E-state index contributed by atoms with van der Waals surface area (Å²) in [6.45, 7) is 3.77. The van der Waals surface area contributed by atoms with E-state index in [4.69, 9.17) is 9.47 Å². The highest BCUT2D eigenvalue weighted by molar-refractivity contribution is 9.10. The number of carbonyl (C=O) groups excluding carboxylic acids is 1. The zero-order chi connectivity index (χ0) is 15.1. The zero-order valence-corrected chi connectivity index (χ0v) is 12.7. The van der Waals surface area contributed by atoms with Crippen molar-refractivity contribution >= 4 is 27.7 Å². The lowest BCUT2D eigenvalue weighted by molar-refractivity contribution is -0.385. The van der Waals surface area contributed by atoms with Crippen LogP contribution < -0.4 is 10.1 Å². The lowest BCUT2D eigenvalue weighted by Crippen LogP contribution is -2.30. The monoisotopic (exact) mass is 346 g/mol. The van der Waals surface area contributed by atoms with Gasteiger partial charge in [-0.05, 0) is 19.9 Å². The number of carbonyl (C=O) groups is 1. The van der Waals surface area contributed by atoms with Crippen LogP contribution in [0, 0.1) is 10.1 Å². The number of ether oxygens (including phenoxy) is 2. The minimum atomic E-state index is -0.549. The highest BCUT2D eigenvalue weighted by Gasteiger charge is 2.15. The Morgan fingerprint density at radius 3 is 2.80 bits per heavy atom. The number of nitrogens with one attached hydrogen (secondary N) is 1. The van der Waals surface area contributed by atoms with E-state index in [1.165, 1.54) is 12.1 Å². The first-order valence-corrected chi connectivity index (χ1v) is 6.70. The number of amides is 1. The SMILES string of the molecule is CC(C)OC(=O)NCCOc1cc(Br)ccc1[N+](=O)[O-]. The number of nitro groups is 1. The Hall–Kier alpha value is -1.83. The Morgan fingerprint density at radius 1 is 1.50 bits per heavy atom. The molecule has 1 N–H and O–H groups in total. The average molecular weight is 347 g/mol. The van der Waals surface area contributed by atoms with Crippen LogP contribution in [0.15, 0.2) is 22.7 Å². The van der Waals surface area contributed by atoms with E-state index in [1.807, 2.05) is 0 Å². The predicted molar refractivity (Wildman–Crippen MR) is 75.9 cm³/mol. The number of nitro benzene ring substituents is 1. The van der Waals surface area contributed by atoms with Crippen LogP contribution in [0.25, 0.3) is 0 Å². The van der Waals surface area contributed by atoms with E-state index >= 15 is 0 Å². The molecule has 1 aromatic carbocycles. The average Bonchev–Trinajstić information content (AvgIpc) is 2.33. The normalized spacial score (nSPS) is 10.2. The van der Waals surface area contributed by atoms with Gasteiger partial charge in [0.05, 0.1) is 17.6 Å². The standard InChI is InChI=1S/C12H15BrN2O5/c1-8(2)20-12(16)14-5-6-19-11-7-9(13)3-4-10(11)15(17)18/h3-4,7-8H,5-6H2,1-2H3,(H,14,16). The predicted octanol–water partition coefficient (Wildman–Crippen LogP) is 2.87. The van der Waals surface area contributed by atoms with E-state index in [0.717, 1.165) is 0 Å². The van der Waals surface area contributed by atoms with E-state index in [1.54, 1.807) is 19.9 Å². The first kappa shape index (κ1) is 16.2. The molecule has 1 amide bonds. The third-order valence-corrected chi connectivity index (χ3v) is 2.58. The summed E-state index contributed by atoms with van der Waals surface area (Å²) in [5, 5.41) is 13.3. The second-order valence-corrected chi connectivity index (χ2v) is 5.01. The van der Waals surface area contributed by atoms with Crippen LogP contribution in [0.5, 0.6) is 5.75 Å². The molecule has 7 nitrogen and oxygen atoms in total. The van der Waals surface area contributed by atoms with Gasteiger partial charge in [0, 0.05) is 16.6 Å². The number of hydrogen-bond donors (Lipinski definition) is 1. The topological polar surface area (TPSA) is 90.7 Å². The summed E-state index contributed by atoms with van der Waals surface area (Å²) < 4.78 is 10.8. The second-order valence-electron chi connectivity index (χ2n) is 4.10. The number of nitrogens with zero attached hydrogens (tertiary/aromatic N) is 1. The largest absolute Gasteiger partial charge is 0.485 e. The molecule has 8 heteroatoms. The van der Waals surface area contributed by atoms with E-state index < -0.39 is 11.0 Å². The van der Waals surface area contributed by atoms with Crippen molar-refractivity contribution < 1.29 is 19.2 Å². The van der Waals surface area contributed by atoms with Gasteiger partial charge < -0.3 is 14.8 Å². The van der Waals surface area contributed by atoms with Crippen molar-refractivity contribution in [1.82, 2.24) is 5.32 Å². The summed E-state index contributed by atoms with van der Waals surface area (Å²) in [5.74, 6) is 0.142. The lowest BCUT2D eigenvalue weighted by Gasteiger charge is -2.10. The molecule has 0 spiro atoms. The highest BCUT2D eigenvalue weighted by atomic mass is 79.9. The van der Waals surface area contributed by atoms with E-state index in [9.17, 15) is 14.9 Å². The molecule has 0 saturated carbocycles. The molecule has 0 atom stereocenters. The Labute approximate surface area is 124 Å². The number of rotatable bonds is 6. The molecular formula is C12H15BrN2O5. The van der Waals surface area contributed by atoms with Crippen molar-refractivity contribution in [1.29, 1.82) is 0 Å². The van der Waals surface area contributed by atoms with Gasteiger partial charge in [0.15, 0.2) is 5.75 Å². The first-order chi connectivity index (χ1) is 9.40. The van der Waals surface area contributed by atoms with Gasteiger partial charge in [-0.3, -0.25) is 10.1 Å². The van der Waals surface area contributed by atoms with E-state index in [2.05, 4.69) is 21.2 Å². The molecule has 0 aromatic heterocycles. The lowest BCUT2D eigenvalue weighted by atomic mass is 10.3. The van der Waals surface area contributed by atoms with Gasteiger partial charge in [0.1, 0.15) is 6.61 Å². The third kappa shape index (κ3) is 5.43. The van der Waals surface area contributed by atoms with Crippen LogP contribution in [-0.4, -0.2) is 30.3 Å². The maximum absolute atomic E-state index is 11.2. The summed E-state index contributed by atoms with van der Waals surface area (Å²) >= 11 is 3.21. The Balaban J connectivity index is 2.48. The molecular weight excluding hydrogens is 332 g/mol. The number of benzene rings is 1. The van der Waals surface area contributed by atoms with Crippen LogP contribution >= 0.6 is 15.9 Å². The molecule has 0 fully saturated rings. The van der Waals surface area contributed by atoms with Gasteiger partial charge in [-0.15, -0.1) is 0 Å². The molecule has 0 aliphatic heterocycles. The zero-order valence-electron chi connectivity index (χ0n) is 11.1. The van der Waals surface area contributed by atoms with Gasteiger partial charge in [-0.25, -0.2) is 4.79 Å². The van der Waals surface area contributed by atoms with Crippen LogP contribution in [0.3, 0.4) is 0 Å². The minimum absolute atomic E-state index is 0.102. The van der Waals surface area contributed by atoms with Crippen molar-refractivity contribution in [2.75, 3.05) is 13.2 Å². The fourth-order valence-corrected chi connectivity index (χ4v) is 1.66. The molecule has 0 unspecified atom stereocenters. The molecule has 1 rings (SSSR count). The van der Waals surface area contributed by atoms with E-state index in [-0.39, 0.29) is 30.7 Å². The Bertz CT molecular complexity index is 493. The van der Waals surface area contributed by atoms with Crippen LogP contribution in [0.2, 0.25) is 0 Å². The summed E-state index contributed by atoms with van der Waals surface area (Å²) in [4.78, 5) is 21.5. The molecule has 1 aromatic rings. The molecule has 0 bridgehead atoms. The molecule has 0 saturated heterocycles. The maximum Gasteiger partial charge on any atom is 0.407 e. The maximum atomic E-state index is 11.2. The van der Waals surface area contributed by atoms with Gasteiger partial charge >= 0.3 is 11.8 Å². The fourth-order valence-electron chi connectivity index (χ4n) is 1.32. The quantitative estimate of drug-likeness (QED) is 0.485. The molecule has 0 heterocycles. The number of hydrogen-bond acceptors (Lipinski definition) is 5. The van der Waals surface area contributed by atoms with Gasteiger partial charge in [0.25, 0.3) is 0 Å².